The van der Waals surface area contributed by atoms with Crippen molar-refractivity contribution < 1.29 is 9.47 Å². The molecule has 1 aliphatic rings. The van der Waals surface area contributed by atoms with Crippen LogP contribution in [0.2, 0.25) is 0 Å². The lowest BCUT2D eigenvalue weighted by Gasteiger charge is -2.26. The van der Waals surface area contributed by atoms with Crippen LogP contribution in [0, 0.1) is 0 Å². The minimum absolute atomic E-state index is 0.204. The molecule has 4 nitrogen and oxygen atoms in total. The summed E-state index contributed by atoms with van der Waals surface area (Å²) in [4.78, 5) is 4.31. The van der Waals surface area contributed by atoms with Crippen LogP contribution in [-0.2, 0) is 9.47 Å². The second-order valence-electron chi connectivity index (χ2n) is 3.89. The highest BCUT2D eigenvalue weighted by molar-refractivity contribution is 9.10. The van der Waals surface area contributed by atoms with Crippen molar-refractivity contribution in [2.75, 3.05) is 32.2 Å². The largest absolute Gasteiger partial charge is 0.378 e. The quantitative estimate of drug-likeness (QED) is 0.861. The van der Waals surface area contributed by atoms with E-state index in [0.29, 0.717) is 13.2 Å². The minimum atomic E-state index is -0.204. The topological polar surface area (TPSA) is 43.4 Å². The molecule has 1 aromatic rings. The van der Waals surface area contributed by atoms with Gasteiger partial charge in [-0.25, -0.2) is 4.98 Å². The number of halogens is 1. The maximum Gasteiger partial charge on any atom is 0.127 e. The van der Waals surface area contributed by atoms with Crippen molar-refractivity contribution >= 4 is 21.7 Å². The average molecular weight is 287 g/mol. The predicted molar refractivity (Wildman–Crippen MR) is 65.6 cm³/mol. The maximum atomic E-state index is 5.52. The molecule has 1 fully saturated rings. The molecule has 0 bridgehead atoms. The zero-order valence-electron chi connectivity index (χ0n) is 9.20. The smallest absolute Gasteiger partial charge is 0.127 e. The van der Waals surface area contributed by atoms with E-state index < -0.39 is 0 Å². The lowest BCUT2D eigenvalue weighted by Crippen LogP contribution is -2.39. The number of methoxy groups -OCH3 is 1. The first-order valence-electron chi connectivity index (χ1n) is 5.23. The van der Waals surface area contributed by atoms with Crippen LogP contribution in [0.25, 0.3) is 0 Å². The van der Waals surface area contributed by atoms with Crippen LogP contribution in [0.5, 0.6) is 0 Å². The average Bonchev–Trinajstić information content (AvgIpc) is 2.76. The lowest BCUT2D eigenvalue weighted by atomic mass is 10.0. The number of ether oxygens (including phenoxy) is 2. The van der Waals surface area contributed by atoms with E-state index in [9.17, 15) is 0 Å². The number of rotatable bonds is 4. The highest BCUT2D eigenvalue weighted by Gasteiger charge is 2.34. The third-order valence-electron chi connectivity index (χ3n) is 2.81. The molecule has 0 saturated carbocycles. The Morgan fingerprint density at radius 3 is 3.12 bits per heavy atom. The van der Waals surface area contributed by atoms with E-state index in [2.05, 4.69) is 26.2 Å². The number of nitrogens with zero attached hydrogens (tertiary/aromatic N) is 1. The Morgan fingerprint density at radius 2 is 2.50 bits per heavy atom. The van der Waals surface area contributed by atoms with Crippen LogP contribution in [0.4, 0.5) is 5.82 Å². The minimum Gasteiger partial charge on any atom is -0.378 e. The second kappa shape index (κ2) is 5.12. The van der Waals surface area contributed by atoms with Gasteiger partial charge in [-0.3, -0.25) is 0 Å². The molecule has 5 heteroatoms. The fourth-order valence-corrected chi connectivity index (χ4v) is 2.06. The molecule has 0 radical (unpaired) electrons. The van der Waals surface area contributed by atoms with Gasteiger partial charge in [0.25, 0.3) is 0 Å². The Hall–Kier alpha value is -0.650. The number of hydrogen-bond acceptors (Lipinski definition) is 4. The molecule has 0 amide bonds. The third-order valence-corrected chi connectivity index (χ3v) is 3.25. The molecule has 1 saturated heterocycles. The Labute approximate surface area is 103 Å². The van der Waals surface area contributed by atoms with Gasteiger partial charge in [0.2, 0.25) is 0 Å². The zero-order valence-corrected chi connectivity index (χ0v) is 10.8. The molecule has 88 valence electrons. The van der Waals surface area contributed by atoms with Gasteiger partial charge < -0.3 is 14.8 Å². The fraction of sp³-hybridized carbons (Fsp3) is 0.545. The van der Waals surface area contributed by atoms with Gasteiger partial charge in [-0.05, 0) is 28.1 Å². The van der Waals surface area contributed by atoms with E-state index in [1.165, 1.54) is 0 Å². The molecule has 0 aliphatic carbocycles. The summed E-state index contributed by atoms with van der Waals surface area (Å²) in [7, 11) is 1.73. The summed E-state index contributed by atoms with van der Waals surface area (Å²) in [6, 6.07) is 5.78. The normalized spacial score (nSPS) is 24.6. The van der Waals surface area contributed by atoms with E-state index in [4.69, 9.17) is 9.47 Å². The van der Waals surface area contributed by atoms with Gasteiger partial charge in [0.05, 0.1) is 6.61 Å². The Bertz CT molecular complexity index is 354. The summed E-state index contributed by atoms with van der Waals surface area (Å²) in [5.74, 6) is 0.845. The summed E-state index contributed by atoms with van der Waals surface area (Å²) in [5, 5.41) is 3.27. The van der Waals surface area contributed by atoms with Gasteiger partial charge in [-0.15, -0.1) is 0 Å². The molecular weight excluding hydrogens is 272 g/mol. The van der Waals surface area contributed by atoms with Gasteiger partial charge in [0.1, 0.15) is 16.0 Å². The molecule has 1 aliphatic heterocycles. The van der Waals surface area contributed by atoms with Crippen molar-refractivity contribution in [1.29, 1.82) is 0 Å². The van der Waals surface area contributed by atoms with E-state index >= 15 is 0 Å². The van der Waals surface area contributed by atoms with Crippen molar-refractivity contribution in [2.45, 2.75) is 12.0 Å². The maximum absolute atomic E-state index is 5.52. The van der Waals surface area contributed by atoms with E-state index in [-0.39, 0.29) is 5.60 Å². The summed E-state index contributed by atoms with van der Waals surface area (Å²) >= 11 is 3.34. The van der Waals surface area contributed by atoms with Crippen molar-refractivity contribution in [3.8, 4) is 0 Å². The van der Waals surface area contributed by atoms with Crippen molar-refractivity contribution in [2.24, 2.45) is 0 Å². The first-order chi connectivity index (χ1) is 7.74. The Morgan fingerprint density at radius 1 is 1.62 bits per heavy atom. The summed E-state index contributed by atoms with van der Waals surface area (Å²) in [6.07, 6.45) is 0.921. The molecule has 1 aromatic heterocycles. The SMILES string of the molecule is COC1(CNc2cccc(Br)n2)CCOC1. The number of aromatic nitrogens is 1. The Kier molecular flexibility index (Phi) is 3.78. The first kappa shape index (κ1) is 11.8. The number of nitrogens with one attached hydrogen (secondary N) is 1. The van der Waals surface area contributed by atoms with E-state index in [1.54, 1.807) is 7.11 Å². The lowest BCUT2D eigenvalue weighted by molar-refractivity contribution is -0.00625. The monoisotopic (exact) mass is 286 g/mol. The second-order valence-corrected chi connectivity index (χ2v) is 4.70. The van der Waals surface area contributed by atoms with Crippen molar-refractivity contribution in [3.63, 3.8) is 0 Å². The van der Waals surface area contributed by atoms with Crippen LogP contribution in [-0.4, -0.2) is 37.5 Å². The van der Waals surface area contributed by atoms with Crippen molar-refractivity contribution in [3.05, 3.63) is 22.8 Å². The van der Waals surface area contributed by atoms with Crippen LogP contribution in [0.1, 0.15) is 6.42 Å². The summed E-state index contributed by atoms with van der Waals surface area (Å²) in [6.45, 7) is 2.12. The van der Waals surface area contributed by atoms with E-state index in [0.717, 1.165) is 23.4 Å². The molecule has 0 aromatic carbocycles. The van der Waals surface area contributed by atoms with Crippen molar-refractivity contribution in [1.82, 2.24) is 4.98 Å². The standard InChI is InChI=1S/C11H15BrN2O2/c1-15-11(5-6-16-8-11)7-13-10-4-2-3-9(12)14-10/h2-4H,5-8H2,1H3,(H,13,14). The van der Waals surface area contributed by atoms with Gasteiger partial charge in [-0.1, -0.05) is 6.07 Å². The molecule has 16 heavy (non-hydrogen) atoms. The van der Waals surface area contributed by atoms with Crippen LogP contribution in [0.15, 0.2) is 22.8 Å². The third kappa shape index (κ3) is 2.72. The molecule has 1 N–H and O–H groups in total. The molecule has 0 spiro atoms. The number of hydrogen-bond donors (Lipinski definition) is 1. The summed E-state index contributed by atoms with van der Waals surface area (Å²) < 4.78 is 11.7. The van der Waals surface area contributed by atoms with Gasteiger partial charge in [-0.2, -0.15) is 0 Å². The molecule has 1 atom stereocenters. The fourth-order valence-electron chi connectivity index (χ4n) is 1.72. The number of pyridine rings is 1. The van der Waals surface area contributed by atoms with Crippen LogP contribution >= 0.6 is 15.9 Å². The predicted octanol–water partition coefficient (Wildman–Crippen LogP) is 2.06. The molecular formula is C11H15BrN2O2. The molecule has 1 unspecified atom stereocenters. The Balaban J connectivity index is 1.95. The first-order valence-corrected chi connectivity index (χ1v) is 6.03. The van der Waals surface area contributed by atoms with Gasteiger partial charge >= 0.3 is 0 Å². The number of anilines is 1. The zero-order chi connectivity index (χ0) is 11.4. The highest BCUT2D eigenvalue weighted by Crippen LogP contribution is 2.23. The van der Waals surface area contributed by atoms with Gasteiger partial charge in [0.15, 0.2) is 0 Å². The van der Waals surface area contributed by atoms with E-state index in [1.807, 2.05) is 18.2 Å². The molecule has 2 heterocycles. The van der Waals surface area contributed by atoms with Crippen LogP contribution in [0.3, 0.4) is 0 Å². The highest BCUT2D eigenvalue weighted by atomic mass is 79.9. The van der Waals surface area contributed by atoms with Crippen LogP contribution < -0.4 is 5.32 Å². The van der Waals surface area contributed by atoms with Gasteiger partial charge in [0, 0.05) is 26.7 Å². The summed E-state index contributed by atoms with van der Waals surface area (Å²) in [5.41, 5.74) is -0.204. The molecule has 2 rings (SSSR count).